The zero-order chi connectivity index (χ0) is 19.9. The molecule has 0 radical (unpaired) electrons. The Morgan fingerprint density at radius 3 is 1.33 bits per heavy atom. The lowest BCUT2D eigenvalue weighted by molar-refractivity contribution is -0.118. The van der Waals surface area contributed by atoms with Gasteiger partial charge >= 0.3 is 0 Å². The fourth-order valence-corrected chi connectivity index (χ4v) is 3.29. The highest BCUT2D eigenvalue weighted by Crippen LogP contribution is 2.20. The van der Waals surface area contributed by atoms with Crippen LogP contribution in [0.25, 0.3) is 0 Å². The van der Waals surface area contributed by atoms with Crippen LogP contribution < -0.4 is 10.6 Å². The molecule has 148 valence electrons. The average molecular weight is 409 g/mol. The van der Waals surface area contributed by atoms with Crippen molar-refractivity contribution in [1.29, 1.82) is 0 Å². The second kappa shape index (κ2) is 9.90. The summed E-state index contributed by atoms with van der Waals surface area (Å²) in [5.41, 5.74) is 1.86. The summed E-state index contributed by atoms with van der Waals surface area (Å²) in [6, 6.07) is 15.8. The number of hydrogen-bond donors (Lipinski definition) is 2. The Balaban J connectivity index is 1.74. The van der Waals surface area contributed by atoms with E-state index in [4.69, 9.17) is 27.9 Å². The van der Waals surface area contributed by atoms with Gasteiger partial charge in [-0.2, -0.15) is 0 Å². The predicted molar refractivity (Wildman–Crippen MR) is 116 cm³/mol. The Hall–Kier alpha value is -1.10. The number of halogens is 2. The van der Waals surface area contributed by atoms with Gasteiger partial charge in [0, 0.05) is 36.2 Å². The van der Waals surface area contributed by atoms with Crippen LogP contribution >= 0.6 is 23.2 Å². The molecule has 2 aromatic rings. The van der Waals surface area contributed by atoms with E-state index >= 15 is 0 Å². The molecule has 27 heavy (non-hydrogen) atoms. The molecule has 0 unspecified atom stereocenters. The molecule has 0 saturated heterocycles. The molecule has 0 aliphatic heterocycles. The zero-order valence-electron chi connectivity index (χ0n) is 16.6. The van der Waals surface area contributed by atoms with E-state index < -0.39 is 0 Å². The molecule has 2 rings (SSSR count). The molecular weight excluding hydrogens is 379 g/mol. The molecule has 2 aromatic carbocycles. The molecular formula is C22H30Cl2N2O. The molecule has 0 fully saturated rings. The van der Waals surface area contributed by atoms with Crippen LogP contribution in [0.1, 0.15) is 38.8 Å². The van der Waals surface area contributed by atoms with Crippen LogP contribution in [0.3, 0.4) is 0 Å². The van der Waals surface area contributed by atoms with Crippen molar-refractivity contribution in [3.05, 3.63) is 69.7 Å². The molecule has 2 N–H and O–H groups in total. The maximum absolute atomic E-state index is 6.37. The van der Waals surface area contributed by atoms with Crippen LogP contribution in [0, 0.1) is 0 Å². The standard InChI is InChI=1S/C22H30Cl2N2O/c1-21(2,15-25-13-17-5-9-19(23)10-6-17)27-22(3,4)16-26-14-18-7-11-20(24)12-8-18/h5-12,25-26H,13-16H2,1-4H3. The molecule has 5 heteroatoms. The molecule has 0 heterocycles. The lowest BCUT2D eigenvalue weighted by Gasteiger charge is -2.36. The highest BCUT2D eigenvalue weighted by molar-refractivity contribution is 6.30. The summed E-state index contributed by atoms with van der Waals surface area (Å²) in [5.74, 6) is 0. The third-order valence-electron chi connectivity index (χ3n) is 4.14. The van der Waals surface area contributed by atoms with Crippen LogP contribution in [-0.2, 0) is 17.8 Å². The minimum atomic E-state index is -0.280. The summed E-state index contributed by atoms with van der Waals surface area (Å²) < 4.78 is 6.37. The molecule has 0 aliphatic rings. The van der Waals surface area contributed by atoms with Crippen molar-refractivity contribution in [3.8, 4) is 0 Å². The van der Waals surface area contributed by atoms with Crippen molar-refractivity contribution in [2.24, 2.45) is 0 Å². The first kappa shape index (κ1) is 22.2. The molecule has 0 amide bonds. The summed E-state index contributed by atoms with van der Waals surface area (Å²) in [7, 11) is 0. The first-order valence-electron chi connectivity index (χ1n) is 9.26. The minimum Gasteiger partial charge on any atom is -0.367 e. The normalized spacial score (nSPS) is 12.4. The minimum absolute atomic E-state index is 0.280. The van der Waals surface area contributed by atoms with Crippen LogP contribution in [0.15, 0.2) is 48.5 Å². The topological polar surface area (TPSA) is 33.3 Å². The number of nitrogens with one attached hydrogen (secondary N) is 2. The molecule has 3 nitrogen and oxygen atoms in total. The van der Waals surface area contributed by atoms with E-state index in [0.717, 1.165) is 36.2 Å². The third-order valence-corrected chi connectivity index (χ3v) is 4.64. The van der Waals surface area contributed by atoms with Crippen molar-refractivity contribution in [2.45, 2.75) is 52.0 Å². The van der Waals surface area contributed by atoms with Gasteiger partial charge < -0.3 is 15.4 Å². The summed E-state index contributed by atoms with van der Waals surface area (Å²) in [5, 5.41) is 8.46. The molecule has 0 bridgehead atoms. The van der Waals surface area contributed by atoms with Gasteiger partial charge in [0.25, 0.3) is 0 Å². The van der Waals surface area contributed by atoms with E-state index in [-0.39, 0.29) is 11.2 Å². The number of benzene rings is 2. The Morgan fingerprint density at radius 1 is 0.667 bits per heavy atom. The zero-order valence-corrected chi connectivity index (χ0v) is 18.1. The number of rotatable bonds is 10. The third kappa shape index (κ3) is 8.63. The van der Waals surface area contributed by atoms with Crippen LogP contribution in [-0.4, -0.2) is 24.3 Å². The van der Waals surface area contributed by atoms with Gasteiger partial charge in [0.2, 0.25) is 0 Å². The molecule has 0 saturated carbocycles. The molecule has 0 aliphatic carbocycles. The monoisotopic (exact) mass is 408 g/mol. The van der Waals surface area contributed by atoms with Gasteiger partial charge in [-0.05, 0) is 63.1 Å². The van der Waals surface area contributed by atoms with E-state index in [0.29, 0.717) is 0 Å². The summed E-state index contributed by atoms with van der Waals surface area (Å²) in [6.07, 6.45) is 0. The second-order valence-electron chi connectivity index (χ2n) is 8.08. The molecule has 0 aromatic heterocycles. The van der Waals surface area contributed by atoms with E-state index in [1.807, 2.05) is 48.5 Å². The summed E-state index contributed by atoms with van der Waals surface area (Å²) in [6.45, 7) is 11.6. The maximum atomic E-state index is 6.37. The van der Waals surface area contributed by atoms with Crippen molar-refractivity contribution < 1.29 is 4.74 Å². The Kier molecular flexibility index (Phi) is 8.14. The van der Waals surface area contributed by atoms with Gasteiger partial charge in [-0.25, -0.2) is 0 Å². The number of ether oxygens (including phenoxy) is 1. The highest BCUT2D eigenvalue weighted by Gasteiger charge is 2.28. The number of hydrogen-bond acceptors (Lipinski definition) is 3. The fraction of sp³-hybridized carbons (Fsp3) is 0.455. The van der Waals surface area contributed by atoms with Gasteiger partial charge in [-0.3, -0.25) is 0 Å². The van der Waals surface area contributed by atoms with Gasteiger partial charge in [0.05, 0.1) is 11.2 Å². The Labute approximate surface area is 173 Å². The highest BCUT2D eigenvalue weighted by atomic mass is 35.5. The Bertz CT molecular complexity index is 636. The van der Waals surface area contributed by atoms with Crippen LogP contribution in [0.4, 0.5) is 0 Å². The van der Waals surface area contributed by atoms with Gasteiger partial charge in [-0.15, -0.1) is 0 Å². The smallest absolute Gasteiger partial charge is 0.0758 e. The van der Waals surface area contributed by atoms with E-state index in [2.05, 4.69) is 38.3 Å². The van der Waals surface area contributed by atoms with Gasteiger partial charge in [0.1, 0.15) is 0 Å². The lowest BCUT2D eigenvalue weighted by Crippen LogP contribution is -2.48. The largest absolute Gasteiger partial charge is 0.367 e. The first-order chi connectivity index (χ1) is 12.7. The Morgan fingerprint density at radius 2 is 1.00 bits per heavy atom. The predicted octanol–water partition coefficient (Wildman–Crippen LogP) is 5.45. The van der Waals surface area contributed by atoms with Gasteiger partial charge in [0.15, 0.2) is 0 Å². The van der Waals surface area contributed by atoms with Crippen molar-refractivity contribution in [2.75, 3.05) is 13.1 Å². The quantitative estimate of drug-likeness (QED) is 0.548. The maximum Gasteiger partial charge on any atom is 0.0758 e. The van der Waals surface area contributed by atoms with Crippen molar-refractivity contribution in [3.63, 3.8) is 0 Å². The van der Waals surface area contributed by atoms with E-state index in [9.17, 15) is 0 Å². The van der Waals surface area contributed by atoms with E-state index in [1.165, 1.54) is 11.1 Å². The second-order valence-corrected chi connectivity index (χ2v) is 8.95. The molecule has 0 atom stereocenters. The summed E-state index contributed by atoms with van der Waals surface area (Å²) >= 11 is 11.9. The van der Waals surface area contributed by atoms with E-state index in [1.54, 1.807) is 0 Å². The fourth-order valence-electron chi connectivity index (χ4n) is 3.04. The SMILES string of the molecule is CC(C)(CNCc1ccc(Cl)cc1)OC(C)(C)CNCc1ccc(Cl)cc1. The van der Waals surface area contributed by atoms with Crippen molar-refractivity contribution >= 4 is 23.2 Å². The summed E-state index contributed by atoms with van der Waals surface area (Å²) in [4.78, 5) is 0. The lowest BCUT2D eigenvalue weighted by atomic mass is 10.0. The van der Waals surface area contributed by atoms with Gasteiger partial charge in [-0.1, -0.05) is 47.5 Å². The molecule has 0 spiro atoms. The average Bonchev–Trinajstić information content (AvgIpc) is 2.57. The van der Waals surface area contributed by atoms with Crippen LogP contribution in [0.2, 0.25) is 10.0 Å². The van der Waals surface area contributed by atoms with Crippen molar-refractivity contribution in [1.82, 2.24) is 10.6 Å². The van der Waals surface area contributed by atoms with Crippen LogP contribution in [0.5, 0.6) is 0 Å². The first-order valence-corrected chi connectivity index (χ1v) is 10.0.